The van der Waals surface area contributed by atoms with E-state index in [-0.39, 0.29) is 18.6 Å². The van der Waals surface area contributed by atoms with Crippen molar-refractivity contribution in [3.05, 3.63) is 65.5 Å². The van der Waals surface area contributed by atoms with Crippen LogP contribution in [0.25, 0.3) is 11.1 Å². The zero-order valence-corrected chi connectivity index (χ0v) is 19.0. The van der Waals surface area contributed by atoms with Crippen molar-refractivity contribution in [1.29, 1.82) is 0 Å². The molecule has 3 aromatic rings. The number of nitrogens with zero attached hydrogens (tertiary/aromatic N) is 4. The smallest absolute Gasteiger partial charge is 0.261 e. The van der Waals surface area contributed by atoms with E-state index in [2.05, 4.69) is 9.97 Å². The molecule has 0 spiro atoms. The first-order valence-electron chi connectivity index (χ1n) is 10.8. The molecule has 2 aromatic heterocycles. The van der Waals surface area contributed by atoms with Crippen LogP contribution < -0.4 is 9.47 Å². The fraction of sp³-hybridized carbons (Fsp3) is 0.360. The second-order valence-electron chi connectivity index (χ2n) is 8.09. The number of hydrogen-bond donors (Lipinski definition) is 0. The zero-order valence-electron chi connectivity index (χ0n) is 19.0. The van der Waals surface area contributed by atoms with Gasteiger partial charge >= 0.3 is 0 Å². The number of carbonyl (C=O) groups is 1. The predicted molar refractivity (Wildman–Crippen MR) is 122 cm³/mol. The predicted octanol–water partition coefficient (Wildman–Crippen LogP) is 4.21. The number of amides is 1. The summed E-state index contributed by atoms with van der Waals surface area (Å²) in [6, 6.07) is 7.52. The van der Waals surface area contributed by atoms with Crippen molar-refractivity contribution in [1.82, 2.24) is 19.9 Å². The Bertz CT molecular complexity index is 1130. The quantitative estimate of drug-likeness (QED) is 0.581. The number of rotatable bonds is 6. The molecule has 32 heavy (non-hydrogen) atoms. The molecular formula is C25H28N4O3. The van der Waals surface area contributed by atoms with Crippen molar-refractivity contribution >= 4 is 5.91 Å². The summed E-state index contributed by atoms with van der Waals surface area (Å²) in [5.74, 6) is 1.81. The van der Waals surface area contributed by atoms with Gasteiger partial charge in [0.2, 0.25) is 0 Å². The molecule has 4 rings (SSSR count). The number of benzene rings is 1. The number of pyridine rings is 1. The molecule has 1 atom stereocenters. The van der Waals surface area contributed by atoms with Gasteiger partial charge in [-0.1, -0.05) is 6.07 Å². The molecule has 1 amide bonds. The first kappa shape index (κ1) is 21.7. The lowest BCUT2D eigenvalue weighted by atomic mass is 9.97. The van der Waals surface area contributed by atoms with Crippen LogP contribution in [0.3, 0.4) is 0 Å². The fourth-order valence-electron chi connectivity index (χ4n) is 4.19. The van der Waals surface area contributed by atoms with Crippen molar-refractivity contribution in [2.75, 3.05) is 20.3 Å². The molecular weight excluding hydrogens is 404 g/mol. The van der Waals surface area contributed by atoms with Gasteiger partial charge in [-0.25, -0.2) is 9.97 Å². The van der Waals surface area contributed by atoms with E-state index in [1.807, 2.05) is 62.3 Å². The van der Waals surface area contributed by atoms with E-state index in [9.17, 15) is 4.79 Å². The Hall–Kier alpha value is -3.48. The summed E-state index contributed by atoms with van der Waals surface area (Å²) in [6.07, 6.45) is 7.23. The van der Waals surface area contributed by atoms with Crippen molar-refractivity contribution in [3.63, 3.8) is 0 Å². The van der Waals surface area contributed by atoms with Gasteiger partial charge in [0, 0.05) is 30.7 Å². The molecule has 0 unspecified atom stereocenters. The summed E-state index contributed by atoms with van der Waals surface area (Å²) in [6.45, 7) is 6.50. The zero-order chi connectivity index (χ0) is 22.7. The molecule has 1 saturated heterocycles. The highest BCUT2D eigenvalue weighted by Crippen LogP contribution is 2.37. The molecule has 1 aromatic carbocycles. The van der Waals surface area contributed by atoms with E-state index in [0.717, 1.165) is 40.8 Å². The van der Waals surface area contributed by atoms with E-state index in [4.69, 9.17) is 14.5 Å². The SMILES string of the molecule is COc1cc(C)ccc1OCC(=O)N1CCC[C@H]1c1nc(C)ncc1-c1ccncc1C. The fourth-order valence-corrected chi connectivity index (χ4v) is 4.19. The second-order valence-corrected chi connectivity index (χ2v) is 8.09. The van der Waals surface area contributed by atoms with Crippen molar-refractivity contribution in [3.8, 4) is 22.6 Å². The average molecular weight is 433 g/mol. The Kier molecular flexibility index (Phi) is 6.35. The third kappa shape index (κ3) is 4.42. The van der Waals surface area contributed by atoms with Gasteiger partial charge in [-0.3, -0.25) is 9.78 Å². The summed E-state index contributed by atoms with van der Waals surface area (Å²) in [4.78, 5) is 28.5. The number of aryl methyl sites for hydroxylation is 3. The Morgan fingerprint density at radius 2 is 1.97 bits per heavy atom. The van der Waals surface area contributed by atoms with Crippen LogP contribution in [0.15, 0.2) is 42.9 Å². The third-order valence-corrected chi connectivity index (χ3v) is 5.81. The Labute approximate surface area is 188 Å². The molecule has 0 N–H and O–H groups in total. The lowest BCUT2D eigenvalue weighted by Gasteiger charge is -2.26. The molecule has 166 valence electrons. The number of carbonyl (C=O) groups excluding carboxylic acids is 1. The van der Waals surface area contributed by atoms with Gasteiger partial charge in [0.15, 0.2) is 18.1 Å². The lowest BCUT2D eigenvalue weighted by molar-refractivity contribution is -0.134. The molecule has 7 nitrogen and oxygen atoms in total. The number of hydrogen-bond acceptors (Lipinski definition) is 6. The maximum atomic E-state index is 13.2. The maximum Gasteiger partial charge on any atom is 0.261 e. The molecule has 1 aliphatic heterocycles. The number of ether oxygens (including phenoxy) is 2. The summed E-state index contributed by atoms with van der Waals surface area (Å²) in [5.41, 5.74) is 4.98. The van der Waals surface area contributed by atoms with E-state index in [0.29, 0.717) is 23.9 Å². The average Bonchev–Trinajstić information content (AvgIpc) is 3.28. The van der Waals surface area contributed by atoms with Gasteiger partial charge in [0.1, 0.15) is 5.82 Å². The van der Waals surface area contributed by atoms with Crippen molar-refractivity contribution in [2.45, 2.75) is 39.7 Å². The Balaban J connectivity index is 1.59. The highest BCUT2D eigenvalue weighted by Gasteiger charge is 2.33. The minimum atomic E-state index is -0.115. The van der Waals surface area contributed by atoms with Crippen molar-refractivity contribution < 1.29 is 14.3 Å². The molecule has 1 fully saturated rings. The van der Waals surface area contributed by atoms with Crippen LogP contribution in [-0.4, -0.2) is 46.0 Å². The van der Waals surface area contributed by atoms with Crippen LogP contribution in [-0.2, 0) is 4.79 Å². The van der Waals surface area contributed by atoms with Gasteiger partial charge in [-0.05, 0) is 68.5 Å². The third-order valence-electron chi connectivity index (χ3n) is 5.81. The Morgan fingerprint density at radius 3 is 2.75 bits per heavy atom. The van der Waals surface area contributed by atoms with Crippen molar-refractivity contribution in [2.24, 2.45) is 0 Å². The first-order chi connectivity index (χ1) is 15.5. The number of likely N-dealkylation sites (tertiary alicyclic amines) is 1. The first-order valence-corrected chi connectivity index (χ1v) is 10.8. The van der Waals surface area contributed by atoms with Gasteiger partial charge in [0.05, 0.1) is 18.8 Å². The summed E-state index contributed by atoms with van der Waals surface area (Å²) in [5, 5.41) is 0. The summed E-state index contributed by atoms with van der Waals surface area (Å²) in [7, 11) is 1.60. The molecule has 0 saturated carbocycles. The minimum Gasteiger partial charge on any atom is -0.493 e. The van der Waals surface area contributed by atoms with Crippen LogP contribution >= 0.6 is 0 Å². The number of aromatic nitrogens is 3. The lowest BCUT2D eigenvalue weighted by Crippen LogP contribution is -2.35. The standard InChI is InChI=1S/C25H28N4O3/c1-16-7-8-22(23(12-16)31-4)32-15-24(30)29-11-5-6-21(29)25-20(14-27-18(3)28-25)19-9-10-26-13-17(19)2/h7-10,12-14,21H,5-6,11,15H2,1-4H3/t21-/m0/s1. The summed E-state index contributed by atoms with van der Waals surface area (Å²) >= 11 is 0. The van der Waals surface area contributed by atoms with Crippen LogP contribution in [0.4, 0.5) is 0 Å². The maximum absolute atomic E-state index is 13.2. The normalized spacial score (nSPS) is 15.6. The van der Waals surface area contributed by atoms with E-state index >= 15 is 0 Å². The van der Waals surface area contributed by atoms with Gasteiger partial charge in [0.25, 0.3) is 5.91 Å². The van der Waals surface area contributed by atoms with Crippen LogP contribution in [0.1, 0.15) is 41.5 Å². The summed E-state index contributed by atoms with van der Waals surface area (Å²) < 4.78 is 11.2. The van der Waals surface area contributed by atoms with E-state index < -0.39 is 0 Å². The molecule has 0 bridgehead atoms. The van der Waals surface area contributed by atoms with E-state index in [1.165, 1.54) is 0 Å². The largest absolute Gasteiger partial charge is 0.493 e. The van der Waals surface area contributed by atoms with Gasteiger partial charge in [-0.2, -0.15) is 0 Å². The van der Waals surface area contributed by atoms with Crippen LogP contribution in [0, 0.1) is 20.8 Å². The monoisotopic (exact) mass is 432 g/mol. The molecule has 1 aliphatic rings. The topological polar surface area (TPSA) is 77.4 Å². The molecule has 3 heterocycles. The molecule has 0 radical (unpaired) electrons. The highest BCUT2D eigenvalue weighted by molar-refractivity contribution is 5.79. The highest BCUT2D eigenvalue weighted by atomic mass is 16.5. The second kappa shape index (κ2) is 9.34. The Morgan fingerprint density at radius 1 is 1.12 bits per heavy atom. The minimum absolute atomic E-state index is 0.0520. The van der Waals surface area contributed by atoms with E-state index in [1.54, 1.807) is 13.3 Å². The molecule has 0 aliphatic carbocycles. The number of methoxy groups -OCH3 is 1. The van der Waals surface area contributed by atoms with Crippen LogP contribution in [0.5, 0.6) is 11.5 Å². The van der Waals surface area contributed by atoms with Crippen LogP contribution in [0.2, 0.25) is 0 Å². The van der Waals surface area contributed by atoms with Gasteiger partial charge in [-0.15, -0.1) is 0 Å². The van der Waals surface area contributed by atoms with Gasteiger partial charge < -0.3 is 14.4 Å². The molecule has 7 heteroatoms.